The van der Waals surface area contributed by atoms with Crippen LogP contribution < -0.4 is 5.32 Å². The van der Waals surface area contributed by atoms with Gasteiger partial charge in [-0.3, -0.25) is 0 Å². The van der Waals surface area contributed by atoms with Crippen molar-refractivity contribution in [2.45, 2.75) is 45.7 Å². The van der Waals surface area contributed by atoms with Crippen LogP contribution in [0.15, 0.2) is 0 Å². The molecule has 2 saturated heterocycles. The highest BCUT2D eigenvalue weighted by Gasteiger charge is 2.29. The van der Waals surface area contributed by atoms with E-state index in [1.807, 2.05) is 0 Å². The molecule has 0 radical (unpaired) electrons. The maximum atomic E-state index is 3.45. The average Bonchev–Trinajstić information content (AvgIpc) is 2.78. The SMILES string of the molecule is CNC1CCN(CC2CCN(C(C)C)C2)CC1C. The first-order valence-electron chi connectivity index (χ1n) is 7.73. The lowest BCUT2D eigenvalue weighted by Gasteiger charge is -2.38. The average molecular weight is 253 g/mol. The second kappa shape index (κ2) is 6.36. The van der Waals surface area contributed by atoms with Crippen molar-refractivity contribution in [3.05, 3.63) is 0 Å². The molecule has 3 unspecified atom stereocenters. The Hall–Kier alpha value is -0.120. The molecule has 0 aromatic heterocycles. The van der Waals surface area contributed by atoms with Gasteiger partial charge in [0.05, 0.1) is 0 Å². The minimum atomic E-state index is 0.726. The summed E-state index contributed by atoms with van der Waals surface area (Å²) in [6.45, 7) is 13.6. The van der Waals surface area contributed by atoms with Crippen molar-refractivity contribution < 1.29 is 0 Å². The second-order valence-corrected chi connectivity index (χ2v) is 6.66. The molecule has 106 valence electrons. The molecule has 3 heteroatoms. The fourth-order valence-corrected chi connectivity index (χ4v) is 3.67. The van der Waals surface area contributed by atoms with Crippen molar-refractivity contribution >= 4 is 0 Å². The number of rotatable bonds is 4. The molecule has 0 saturated carbocycles. The molecule has 2 aliphatic rings. The van der Waals surface area contributed by atoms with Gasteiger partial charge in [0.25, 0.3) is 0 Å². The van der Waals surface area contributed by atoms with Crippen molar-refractivity contribution in [2.75, 3.05) is 39.8 Å². The van der Waals surface area contributed by atoms with Crippen LogP contribution in [0.3, 0.4) is 0 Å². The molecule has 0 spiro atoms. The van der Waals surface area contributed by atoms with Crippen molar-refractivity contribution in [3.8, 4) is 0 Å². The molecule has 1 N–H and O–H groups in total. The number of piperidine rings is 1. The number of hydrogen-bond acceptors (Lipinski definition) is 3. The summed E-state index contributed by atoms with van der Waals surface area (Å²) in [7, 11) is 2.11. The number of likely N-dealkylation sites (tertiary alicyclic amines) is 2. The molecule has 2 rings (SSSR count). The Labute approximate surface area is 113 Å². The molecular formula is C15H31N3. The largest absolute Gasteiger partial charge is 0.317 e. The van der Waals surface area contributed by atoms with Gasteiger partial charge in [0.2, 0.25) is 0 Å². The van der Waals surface area contributed by atoms with Crippen molar-refractivity contribution in [1.82, 2.24) is 15.1 Å². The van der Waals surface area contributed by atoms with Crippen molar-refractivity contribution in [1.29, 1.82) is 0 Å². The van der Waals surface area contributed by atoms with Crippen molar-refractivity contribution in [2.24, 2.45) is 11.8 Å². The van der Waals surface area contributed by atoms with E-state index < -0.39 is 0 Å². The molecular weight excluding hydrogens is 222 g/mol. The van der Waals surface area contributed by atoms with Gasteiger partial charge in [-0.15, -0.1) is 0 Å². The summed E-state index contributed by atoms with van der Waals surface area (Å²) in [4.78, 5) is 5.33. The number of nitrogens with zero attached hydrogens (tertiary/aromatic N) is 2. The van der Waals surface area contributed by atoms with Crippen LogP contribution in [0.5, 0.6) is 0 Å². The van der Waals surface area contributed by atoms with Crippen LogP contribution in [-0.4, -0.2) is 61.7 Å². The van der Waals surface area contributed by atoms with E-state index in [-0.39, 0.29) is 0 Å². The summed E-state index contributed by atoms with van der Waals surface area (Å²) in [5.41, 5.74) is 0. The third-order valence-electron chi connectivity index (χ3n) is 4.92. The predicted octanol–water partition coefficient (Wildman–Crippen LogP) is 1.65. The Kier molecular flexibility index (Phi) is 5.05. The lowest BCUT2D eigenvalue weighted by atomic mass is 9.93. The van der Waals surface area contributed by atoms with E-state index in [0.717, 1.165) is 23.9 Å². The number of nitrogens with one attached hydrogen (secondary N) is 1. The van der Waals surface area contributed by atoms with Gasteiger partial charge in [-0.25, -0.2) is 0 Å². The van der Waals surface area contributed by atoms with Gasteiger partial charge in [-0.05, 0) is 58.7 Å². The summed E-state index contributed by atoms with van der Waals surface area (Å²) in [5, 5.41) is 3.45. The van der Waals surface area contributed by atoms with Gasteiger partial charge in [0.15, 0.2) is 0 Å². The molecule has 18 heavy (non-hydrogen) atoms. The monoisotopic (exact) mass is 253 g/mol. The Balaban J connectivity index is 1.75. The molecule has 0 aromatic rings. The van der Waals surface area contributed by atoms with Crippen LogP contribution in [0.1, 0.15) is 33.6 Å². The normalized spacial score (nSPS) is 35.5. The van der Waals surface area contributed by atoms with Gasteiger partial charge in [-0.2, -0.15) is 0 Å². The summed E-state index contributed by atoms with van der Waals surface area (Å²) < 4.78 is 0. The van der Waals surface area contributed by atoms with E-state index in [0.29, 0.717) is 0 Å². The zero-order chi connectivity index (χ0) is 13.1. The first-order valence-corrected chi connectivity index (χ1v) is 7.73. The minimum absolute atomic E-state index is 0.726. The zero-order valence-electron chi connectivity index (χ0n) is 12.7. The topological polar surface area (TPSA) is 18.5 Å². The zero-order valence-corrected chi connectivity index (χ0v) is 12.7. The van der Waals surface area contributed by atoms with E-state index in [9.17, 15) is 0 Å². The van der Waals surface area contributed by atoms with E-state index in [4.69, 9.17) is 0 Å². The van der Waals surface area contributed by atoms with Crippen LogP contribution in [0.2, 0.25) is 0 Å². The second-order valence-electron chi connectivity index (χ2n) is 6.66. The molecule has 3 nitrogen and oxygen atoms in total. The van der Waals surface area contributed by atoms with E-state index >= 15 is 0 Å². The van der Waals surface area contributed by atoms with Gasteiger partial charge in [-0.1, -0.05) is 6.92 Å². The predicted molar refractivity (Wildman–Crippen MR) is 77.9 cm³/mol. The van der Waals surface area contributed by atoms with Gasteiger partial charge in [0, 0.05) is 31.7 Å². The minimum Gasteiger partial charge on any atom is -0.317 e. The van der Waals surface area contributed by atoms with Crippen LogP contribution in [-0.2, 0) is 0 Å². The fourth-order valence-electron chi connectivity index (χ4n) is 3.67. The summed E-state index contributed by atoms with van der Waals surface area (Å²) in [6, 6.07) is 1.46. The lowest BCUT2D eigenvalue weighted by Crippen LogP contribution is -2.48. The third kappa shape index (κ3) is 3.46. The quantitative estimate of drug-likeness (QED) is 0.822. The maximum Gasteiger partial charge on any atom is 0.0114 e. The molecule has 2 aliphatic heterocycles. The van der Waals surface area contributed by atoms with Crippen molar-refractivity contribution in [3.63, 3.8) is 0 Å². The van der Waals surface area contributed by atoms with Gasteiger partial charge < -0.3 is 15.1 Å². The van der Waals surface area contributed by atoms with Crippen LogP contribution >= 0.6 is 0 Å². The number of hydrogen-bond donors (Lipinski definition) is 1. The van der Waals surface area contributed by atoms with E-state index in [1.54, 1.807) is 0 Å². The van der Waals surface area contributed by atoms with Crippen LogP contribution in [0, 0.1) is 11.8 Å². The molecule has 0 bridgehead atoms. The highest BCUT2D eigenvalue weighted by atomic mass is 15.2. The van der Waals surface area contributed by atoms with Gasteiger partial charge in [0.1, 0.15) is 0 Å². The summed E-state index contributed by atoms with van der Waals surface area (Å²) in [5.74, 6) is 1.71. The first-order chi connectivity index (χ1) is 8.60. The van der Waals surface area contributed by atoms with Gasteiger partial charge >= 0.3 is 0 Å². The highest BCUT2D eigenvalue weighted by molar-refractivity contribution is 4.85. The molecule has 0 aromatic carbocycles. The first kappa shape index (κ1) is 14.3. The molecule has 0 aliphatic carbocycles. The molecule has 2 fully saturated rings. The molecule has 0 amide bonds. The maximum absolute atomic E-state index is 3.45. The third-order valence-corrected chi connectivity index (χ3v) is 4.92. The Morgan fingerprint density at radius 1 is 1.17 bits per heavy atom. The summed E-state index contributed by atoms with van der Waals surface area (Å²) >= 11 is 0. The standard InChI is InChI=1S/C15H31N3/c1-12(2)18-8-5-14(11-18)10-17-7-6-15(16-4)13(3)9-17/h12-16H,5-11H2,1-4H3. The highest BCUT2D eigenvalue weighted by Crippen LogP contribution is 2.23. The van der Waals surface area contributed by atoms with E-state index in [2.05, 4.69) is 42.9 Å². The Bertz CT molecular complexity index is 254. The van der Waals surface area contributed by atoms with Crippen LogP contribution in [0.4, 0.5) is 0 Å². The summed E-state index contributed by atoms with van der Waals surface area (Å²) in [6.07, 6.45) is 2.72. The Morgan fingerprint density at radius 3 is 2.50 bits per heavy atom. The fraction of sp³-hybridized carbons (Fsp3) is 1.00. The molecule has 2 heterocycles. The Morgan fingerprint density at radius 2 is 1.94 bits per heavy atom. The molecule has 3 atom stereocenters. The lowest BCUT2D eigenvalue weighted by molar-refractivity contribution is 0.131. The van der Waals surface area contributed by atoms with Crippen LogP contribution in [0.25, 0.3) is 0 Å². The van der Waals surface area contributed by atoms with E-state index in [1.165, 1.54) is 45.6 Å². The smallest absolute Gasteiger partial charge is 0.0114 e.